The van der Waals surface area contributed by atoms with Gasteiger partial charge in [0.1, 0.15) is 72.2 Å². The Morgan fingerprint density at radius 2 is 1.00 bits per heavy atom. The number of nitrogens with two attached hydrogens (primary N) is 2. The van der Waals surface area contributed by atoms with Crippen LogP contribution in [0.2, 0.25) is 0 Å². The number of phenols is 1. The number of benzene rings is 3. The summed E-state index contributed by atoms with van der Waals surface area (Å²) < 4.78 is 0. The van der Waals surface area contributed by atoms with Crippen molar-refractivity contribution in [1.29, 1.82) is 0 Å². The summed E-state index contributed by atoms with van der Waals surface area (Å²) in [5, 5.41) is 56.9. The fraction of sp³-hybridized carbons (Fsp3) is 0.500. The number of primary amides is 1. The van der Waals surface area contributed by atoms with Gasteiger partial charge in [0.2, 0.25) is 70.9 Å². The van der Waals surface area contributed by atoms with E-state index in [1.807, 2.05) is 0 Å². The first-order chi connectivity index (χ1) is 50.2. The molecule has 1 saturated heterocycles. The summed E-state index contributed by atoms with van der Waals surface area (Å²) in [6.07, 6.45) is 1.31. The number of aromatic amines is 2. The van der Waals surface area contributed by atoms with Gasteiger partial charge in [-0.1, -0.05) is 96.5 Å². The van der Waals surface area contributed by atoms with Crippen molar-refractivity contribution in [2.45, 2.75) is 192 Å². The Hall–Kier alpha value is -10.2. The molecular weight excluding hydrogens is 1410 g/mol. The third-order valence-electron chi connectivity index (χ3n) is 18.2. The van der Waals surface area contributed by atoms with Crippen LogP contribution in [0.5, 0.6) is 5.75 Å². The number of para-hydroxylation sites is 2. The maximum atomic E-state index is 15.4. The first-order valence-corrected chi connectivity index (χ1v) is 36.4. The number of aromatic hydroxyl groups is 1. The Bertz CT molecular complexity index is 3960. The molecule has 19 N–H and O–H groups in total. The van der Waals surface area contributed by atoms with Gasteiger partial charge in [0, 0.05) is 71.5 Å². The van der Waals surface area contributed by atoms with Crippen LogP contribution in [-0.2, 0) is 86.4 Å². The maximum absolute atomic E-state index is 15.4. The Labute approximate surface area is 623 Å². The summed E-state index contributed by atoms with van der Waals surface area (Å²) in [5.74, 6) is -14.8. The number of carboxylic acids is 2. The predicted molar refractivity (Wildman–Crippen MR) is 398 cm³/mol. The van der Waals surface area contributed by atoms with E-state index in [2.05, 4.69) is 88.4 Å². The molecule has 32 nitrogen and oxygen atoms in total. The van der Waals surface area contributed by atoms with Crippen LogP contribution in [0.15, 0.2) is 85.2 Å². The van der Waals surface area contributed by atoms with E-state index in [-0.39, 0.29) is 80.6 Å². The van der Waals surface area contributed by atoms with Crippen LogP contribution in [0.1, 0.15) is 117 Å². The van der Waals surface area contributed by atoms with E-state index in [9.17, 15) is 72.9 Å². The molecular formula is C72H99N15O17S2. The van der Waals surface area contributed by atoms with E-state index in [0.29, 0.717) is 44.9 Å². The molecule has 106 heavy (non-hydrogen) atoms. The van der Waals surface area contributed by atoms with Crippen LogP contribution in [0.4, 0.5) is 0 Å². The number of amides is 12. The molecule has 0 radical (unpaired) electrons. The minimum absolute atomic E-state index is 0.0179. The number of aliphatic carboxylic acids is 2. The number of rotatable bonds is 41. The van der Waals surface area contributed by atoms with Gasteiger partial charge in [-0.2, -0.15) is 25.3 Å². The molecule has 576 valence electrons. The summed E-state index contributed by atoms with van der Waals surface area (Å²) in [6.45, 7) is 11.8. The smallest absolute Gasteiger partial charge is 0.305 e. The summed E-state index contributed by atoms with van der Waals surface area (Å²) in [7, 11) is 0. The van der Waals surface area contributed by atoms with E-state index < -0.39 is 181 Å². The zero-order valence-corrected chi connectivity index (χ0v) is 62.0. The van der Waals surface area contributed by atoms with Crippen LogP contribution in [0, 0.1) is 17.8 Å². The Kier molecular flexibility index (Phi) is 32.2. The van der Waals surface area contributed by atoms with Gasteiger partial charge in [0.15, 0.2) is 0 Å². The number of carbonyl (C=O) groups is 14. The molecule has 5 aromatic rings. The van der Waals surface area contributed by atoms with E-state index in [0.717, 1.165) is 0 Å². The van der Waals surface area contributed by atoms with Gasteiger partial charge >= 0.3 is 11.9 Å². The van der Waals surface area contributed by atoms with Crippen molar-refractivity contribution >= 4 is 130 Å². The lowest BCUT2D eigenvalue weighted by Crippen LogP contribution is -2.61. The minimum Gasteiger partial charge on any atom is -0.508 e. The normalized spacial score (nSPS) is 16.2. The molecule has 2 aromatic heterocycles. The monoisotopic (exact) mass is 1510 g/mol. The minimum atomic E-state index is -1.78. The molecule has 1 aliphatic rings. The average Bonchev–Trinajstić information content (AvgIpc) is 1.63. The molecule has 0 bridgehead atoms. The highest BCUT2D eigenvalue weighted by Crippen LogP contribution is 2.26. The molecule has 0 saturated carbocycles. The van der Waals surface area contributed by atoms with Crippen molar-refractivity contribution in [1.82, 2.24) is 68.0 Å². The second-order valence-corrected chi connectivity index (χ2v) is 28.2. The van der Waals surface area contributed by atoms with Gasteiger partial charge in [-0.05, 0) is 104 Å². The molecule has 34 heteroatoms. The lowest BCUT2D eigenvalue weighted by atomic mass is 9.96. The van der Waals surface area contributed by atoms with Crippen LogP contribution < -0.4 is 64.6 Å². The quantitative estimate of drug-likeness (QED) is 0.0235. The molecule has 3 aromatic carbocycles. The number of likely N-dealkylation sites (tertiary alicyclic amines) is 1. The van der Waals surface area contributed by atoms with Gasteiger partial charge < -0.3 is 94.8 Å². The highest BCUT2D eigenvalue weighted by molar-refractivity contribution is 7.80. The van der Waals surface area contributed by atoms with E-state index in [1.165, 1.54) is 36.1 Å². The fourth-order valence-corrected chi connectivity index (χ4v) is 12.7. The van der Waals surface area contributed by atoms with Crippen LogP contribution >= 0.6 is 25.3 Å². The zero-order valence-electron chi connectivity index (χ0n) is 60.2. The van der Waals surface area contributed by atoms with Crippen molar-refractivity contribution in [2.24, 2.45) is 29.2 Å². The average molecular weight is 1510 g/mol. The largest absolute Gasteiger partial charge is 0.508 e. The van der Waals surface area contributed by atoms with Gasteiger partial charge in [-0.3, -0.25) is 67.1 Å². The molecule has 0 aliphatic carbocycles. The number of nitrogens with zero attached hydrogens (tertiary/aromatic N) is 1. The first-order valence-electron chi connectivity index (χ1n) is 35.1. The second-order valence-electron chi connectivity index (χ2n) is 27.4. The van der Waals surface area contributed by atoms with Crippen LogP contribution in [0.3, 0.4) is 0 Å². The highest BCUT2D eigenvalue weighted by Gasteiger charge is 2.42. The number of nitrogens with one attached hydrogen (secondary N) is 12. The standard InChI is InChI=1S/C72H99N15O17S2/c1-8-38(6)60(71(103)84-55(34-105)61(74)93)86-68(100)51(27-37(4)5)79-62(94)39(7)77-69(101)56(35-106)85-65(97)50(26-36(2)3)81-64(96)49(23-24-58(89)90)78-70(102)57-18-13-25-87(57)72(104)54(30-42-33-76-48-17-12-10-15-45(42)48)83-66(98)52(29-41-32-75-47-16-11-9-14-44(41)47)82-67(99)53(31-59(91)92)80-63(95)46(73)28-40-19-21-43(88)22-20-40/h9-12,14-17,19-22,32-33,36-39,46,49-57,60,75-76,88,105-106H,8,13,18,23-31,34-35,73H2,1-7H3,(H2,74,93)(H,77,101)(H,78,102)(H,79,94)(H,80,95)(H,81,96)(H,82,99)(H,83,98)(H,84,103)(H,85,97)(H,86,100)(H,89,90)(H,91,92)/t38-,39-,46-,49-,50-,51-,52-,53-,54-,55-,56-,57-,60-/m0/s1. The van der Waals surface area contributed by atoms with Gasteiger partial charge in [0.25, 0.3) is 0 Å². The number of carboxylic acid groups (broad SMARTS) is 2. The molecule has 12 amide bonds. The zero-order chi connectivity index (χ0) is 78.2. The molecule has 1 fully saturated rings. The number of thiol groups is 2. The maximum Gasteiger partial charge on any atom is 0.305 e. The summed E-state index contributed by atoms with van der Waals surface area (Å²) in [5.41, 5.74) is 14.6. The van der Waals surface area contributed by atoms with E-state index >= 15 is 9.59 Å². The number of carbonyl (C=O) groups excluding carboxylic acids is 12. The second kappa shape index (κ2) is 40.3. The molecule has 13 atom stereocenters. The molecule has 0 unspecified atom stereocenters. The lowest BCUT2D eigenvalue weighted by molar-refractivity contribution is -0.143. The predicted octanol–water partition coefficient (Wildman–Crippen LogP) is 0.392. The van der Waals surface area contributed by atoms with Crippen molar-refractivity contribution in [3.63, 3.8) is 0 Å². The van der Waals surface area contributed by atoms with E-state index in [4.69, 9.17) is 11.5 Å². The SMILES string of the molecule is CC[C@H](C)[C@H](NC(=O)[C@H](CC(C)C)NC(=O)[C@H](C)NC(=O)[C@H](CS)NC(=O)[C@H](CC(C)C)NC(=O)[C@H](CCC(=O)O)NC(=O)[C@@H]1CCCN1C(=O)[C@H](Cc1c[nH]c2ccccc12)NC(=O)[C@H](Cc1c[nH]c2ccccc12)NC(=O)[C@H](CC(=O)O)NC(=O)[C@@H](N)Cc1ccc(O)cc1)C(=O)N[C@@H](CS)C(N)=O. The molecule has 0 spiro atoms. The topological polar surface area (TPSA) is 507 Å². The molecule has 6 rings (SSSR count). The van der Waals surface area contributed by atoms with Gasteiger partial charge in [-0.25, -0.2) is 0 Å². The summed E-state index contributed by atoms with van der Waals surface area (Å²) in [6, 6.07) is 3.13. The third kappa shape index (κ3) is 24.7. The number of hydrogen-bond donors (Lipinski definition) is 19. The molecule has 1 aliphatic heterocycles. The van der Waals surface area contributed by atoms with Gasteiger partial charge in [0.05, 0.1) is 12.5 Å². The number of fused-ring (bicyclic) bond motifs is 2. The van der Waals surface area contributed by atoms with Crippen molar-refractivity contribution in [3.8, 4) is 5.75 Å². The fourth-order valence-electron chi connectivity index (χ4n) is 12.2. The lowest BCUT2D eigenvalue weighted by Gasteiger charge is -2.31. The Morgan fingerprint density at radius 3 is 1.54 bits per heavy atom. The van der Waals surface area contributed by atoms with Gasteiger partial charge in [-0.15, -0.1) is 0 Å². The van der Waals surface area contributed by atoms with Crippen LogP contribution in [-0.4, -0.2) is 204 Å². The first kappa shape index (κ1) is 84.7. The highest BCUT2D eigenvalue weighted by atomic mass is 32.1. The van der Waals surface area contributed by atoms with Crippen molar-refractivity contribution in [2.75, 3.05) is 18.1 Å². The number of phenolic OH excluding ortho intramolecular Hbond substituents is 1. The number of H-pyrrole nitrogens is 2. The van der Waals surface area contributed by atoms with Crippen molar-refractivity contribution < 1.29 is 82.4 Å². The van der Waals surface area contributed by atoms with Crippen molar-refractivity contribution in [3.05, 3.63) is 102 Å². The summed E-state index contributed by atoms with van der Waals surface area (Å²) >= 11 is 8.38. The molecule has 3 heterocycles. The number of hydrogen-bond acceptors (Lipinski definition) is 18. The Balaban J connectivity index is 1.20. The Morgan fingerprint density at radius 1 is 0.528 bits per heavy atom. The summed E-state index contributed by atoms with van der Waals surface area (Å²) in [4.78, 5) is 201. The third-order valence-corrected chi connectivity index (χ3v) is 18.9. The number of aromatic nitrogens is 2. The van der Waals surface area contributed by atoms with Crippen LogP contribution in [0.25, 0.3) is 21.8 Å². The van der Waals surface area contributed by atoms with E-state index in [1.54, 1.807) is 102 Å².